The minimum absolute atomic E-state index is 0.0652. The second-order valence-electron chi connectivity index (χ2n) is 5.71. The highest BCUT2D eigenvalue weighted by atomic mass is 35.5. The summed E-state index contributed by atoms with van der Waals surface area (Å²) in [5, 5.41) is 0.524. The minimum atomic E-state index is -0.267. The van der Waals surface area contributed by atoms with E-state index in [0.717, 1.165) is 13.1 Å². The predicted octanol–water partition coefficient (Wildman–Crippen LogP) is 1.96. The van der Waals surface area contributed by atoms with Crippen LogP contribution in [0.5, 0.6) is 0 Å². The number of nitrogens with two attached hydrogens (primary N) is 1. The molecule has 2 unspecified atom stereocenters. The highest BCUT2D eigenvalue weighted by Gasteiger charge is 2.29. The van der Waals surface area contributed by atoms with Crippen LogP contribution in [-0.2, 0) is 11.2 Å². The molecule has 1 saturated heterocycles. The number of nitrogens with one attached hydrogen (secondary N) is 1. The maximum absolute atomic E-state index is 13.9. The maximum atomic E-state index is 13.9. The van der Waals surface area contributed by atoms with E-state index in [4.69, 9.17) is 22.2 Å². The van der Waals surface area contributed by atoms with Gasteiger partial charge in [-0.25, -0.2) is 4.39 Å². The summed E-state index contributed by atoms with van der Waals surface area (Å²) >= 11 is 5.94. The van der Waals surface area contributed by atoms with Gasteiger partial charge in [0, 0.05) is 24.2 Å². The molecule has 3 N–H and O–H groups in total. The molecule has 6 heteroatoms. The Kier molecular flexibility index (Phi) is 5.96. The summed E-state index contributed by atoms with van der Waals surface area (Å²) in [4.78, 5) is 2.34. The van der Waals surface area contributed by atoms with E-state index >= 15 is 0 Å². The number of hydrogen-bond acceptors (Lipinski definition) is 4. The van der Waals surface area contributed by atoms with E-state index in [1.165, 1.54) is 6.07 Å². The fourth-order valence-electron chi connectivity index (χ4n) is 2.64. The SMILES string of the molecule is CC(C)N1CCOC(C(Cc2cc(Cl)ccc2F)NN)C1. The van der Waals surface area contributed by atoms with E-state index in [1.54, 1.807) is 12.1 Å². The Morgan fingerprint density at radius 1 is 1.52 bits per heavy atom. The fourth-order valence-corrected chi connectivity index (χ4v) is 2.84. The van der Waals surface area contributed by atoms with Gasteiger partial charge in [-0.3, -0.25) is 16.2 Å². The number of morpholine rings is 1. The van der Waals surface area contributed by atoms with Gasteiger partial charge in [0.05, 0.1) is 18.8 Å². The zero-order valence-corrected chi connectivity index (χ0v) is 13.2. The molecule has 0 amide bonds. The first-order valence-corrected chi connectivity index (χ1v) is 7.64. The lowest BCUT2D eigenvalue weighted by Crippen LogP contribution is -2.56. The molecule has 0 bridgehead atoms. The van der Waals surface area contributed by atoms with Gasteiger partial charge in [0.2, 0.25) is 0 Å². The van der Waals surface area contributed by atoms with E-state index in [0.29, 0.717) is 29.7 Å². The predicted molar refractivity (Wildman–Crippen MR) is 82.7 cm³/mol. The van der Waals surface area contributed by atoms with Crippen molar-refractivity contribution in [2.45, 2.75) is 38.5 Å². The molecule has 1 aliphatic heterocycles. The standard InChI is InChI=1S/C15H23ClFN3O/c1-10(2)20-5-6-21-15(9-20)14(19-18)8-11-7-12(16)3-4-13(11)17/h3-4,7,10,14-15,19H,5-6,8-9,18H2,1-2H3. The summed E-state index contributed by atoms with van der Waals surface area (Å²) in [6.45, 7) is 6.68. The molecule has 0 radical (unpaired) electrons. The third kappa shape index (κ3) is 4.37. The average Bonchev–Trinajstić information content (AvgIpc) is 2.48. The number of hydrogen-bond donors (Lipinski definition) is 2. The van der Waals surface area contributed by atoms with Gasteiger partial charge in [0.15, 0.2) is 0 Å². The van der Waals surface area contributed by atoms with Gasteiger partial charge >= 0.3 is 0 Å². The molecule has 1 aromatic rings. The van der Waals surface area contributed by atoms with Crippen LogP contribution in [0.4, 0.5) is 4.39 Å². The summed E-state index contributed by atoms with van der Waals surface area (Å²) in [6, 6.07) is 4.87. The van der Waals surface area contributed by atoms with Crippen LogP contribution < -0.4 is 11.3 Å². The number of halogens is 2. The number of nitrogens with zero attached hydrogens (tertiary/aromatic N) is 1. The largest absolute Gasteiger partial charge is 0.374 e. The molecule has 2 atom stereocenters. The highest BCUT2D eigenvalue weighted by molar-refractivity contribution is 6.30. The Morgan fingerprint density at radius 3 is 2.95 bits per heavy atom. The Labute approximate surface area is 130 Å². The van der Waals surface area contributed by atoms with Crippen LogP contribution in [0.2, 0.25) is 5.02 Å². The van der Waals surface area contributed by atoms with Crippen molar-refractivity contribution in [1.29, 1.82) is 0 Å². The molecular weight excluding hydrogens is 293 g/mol. The van der Waals surface area contributed by atoms with E-state index in [2.05, 4.69) is 24.2 Å². The Bertz CT molecular complexity index is 472. The van der Waals surface area contributed by atoms with Crippen molar-refractivity contribution in [3.63, 3.8) is 0 Å². The number of benzene rings is 1. The molecule has 1 heterocycles. The van der Waals surface area contributed by atoms with Gasteiger partial charge in [-0.2, -0.15) is 0 Å². The zero-order chi connectivity index (χ0) is 15.4. The Hall–Kier alpha value is -0.720. The van der Waals surface area contributed by atoms with Gasteiger partial charge in [-0.15, -0.1) is 0 Å². The van der Waals surface area contributed by atoms with Gasteiger partial charge in [0.25, 0.3) is 0 Å². The molecule has 1 aromatic carbocycles. The van der Waals surface area contributed by atoms with Crippen LogP contribution >= 0.6 is 11.6 Å². The van der Waals surface area contributed by atoms with Crippen LogP contribution in [-0.4, -0.2) is 42.8 Å². The van der Waals surface area contributed by atoms with Crippen LogP contribution in [0, 0.1) is 5.82 Å². The molecule has 0 saturated carbocycles. The number of rotatable bonds is 5. The third-order valence-corrected chi connectivity index (χ3v) is 4.20. The molecule has 0 spiro atoms. The Balaban J connectivity index is 2.07. The minimum Gasteiger partial charge on any atom is -0.374 e. The van der Waals surface area contributed by atoms with Crippen molar-refractivity contribution >= 4 is 11.6 Å². The normalized spacial score (nSPS) is 21.7. The number of hydrazine groups is 1. The smallest absolute Gasteiger partial charge is 0.126 e. The second-order valence-corrected chi connectivity index (χ2v) is 6.15. The molecule has 0 aliphatic carbocycles. The number of ether oxygens (including phenoxy) is 1. The van der Waals surface area contributed by atoms with Crippen molar-refractivity contribution in [3.05, 3.63) is 34.6 Å². The van der Waals surface area contributed by atoms with Crippen LogP contribution in [0.15, 0.2) is 18.2 Å². The third-order valence-electron chi connectivity index (χ3n) is 3.97. The zero-order valence-electron chi connectivity index (χ0n) is 12.5. The molecule has 2 rings (SSSR count). The van der Waals surface area contributed by atoms with Gasteiger partial charge < -0.3 is 4.74 Å². The van der Waals surface area contributed by atoms with E-state index in [1.807, 2.05) is 0 Å². The van der Waals surface area contributed by atoms with E-state index in [-0.39, 0.29) is 18.0 Å². The van der Waals surface area contributed by atoms with Crippen LogP contribution in [0.25, 0.3) is 0 Å². The average molecular weight is 316 g/mol. The Morgan fingerprint density at radius 2 is 2.29 bits per heavy atom. The van der Waals surface area contributed by atoms with Crippen molar-refractivity contribution in [1.82, 2.24) is 10.3 Å². The van der Waals surface area contributed by atoms with Gasteiger partial charge in [0.1, 0.15) is 5.82 Å². The maximum Gasteiger partial charge on any atom is 0.126 e. The first-order valence-electron chi connectivity index (χ1n) is 7.27. The summed E-state index contributed by atoms with van der Waals surface area (Å²) < 4.78 is 19.7. The first kappa shape index (κ1) is 16.6. The first-order chi connectivity index (χ1) is 10.0. The van der Waals surface area contributed by atoms with Crippen molar-refractivity contribution in [2.24, 2.45) is 5.84 Å². The second kappa shape index (κ2) is 7.51. The van der Waals surface area contributed by atoms with Crippen molar-refractivity contribution in [2.75, 3.05) is 19.7 Å². The molecule has 1 fully saturated rings. The molecule has 118 valence electrons. The topological polar surface area (TPSA) is 50.5 Å². The lowest BCUT2D eigenvalue weighted by molar-refractivity contribution is -0.0553. The van der Waals surface area contributed by atoms with E-state index in [9.17, 15) is 4.39 Å². The van der Waals surface area contributed by atoms with Crippen molar-refractivity contribution < 1.29 is 9.13 Å². The summed E-state index contributed by atoms with van der Waals surface area (Å²) in [5.74, 6) is 5.39. The van der Waals surface area contributed by atoms with Crippen molar-refractivity contribution in [3.8, 4) is 0 Å². The molecule has 1 aliphatic rings. The monoisotopic (exact) mass is 315 g/mol. The van der Waals surface area contributed by atoms with E-state index < -0.39 is 0 Å². The molecular formula is C15H23ClFN3O. The fraction of sp³-hybridized carbons (Fsp3) is 0.600. The van der Waals surface area contributed by atoms with Crippen LogP contribution in [0.1, 0.15) is 19.4 Å². The van der Waals surface area contributed by atoms with Gasteiger partial charge in [-0.05, 0) is 44.0 Å². The lowest BCUT2D eigenvalue weighted by atomic mass is 9.99. The van der Waals surface area contributed by atoms with Gasteiger partial charge in [-0.1, -0.05) is 11.6 Å². The highest BCUT2D eigenvalue weighted by Crippen LogP contribution is 2.19. The lowest BCUT2D eigenvalue weighted by Gasteiger charge is -2.38. The summed E-state index contributed by atoms with van der Waals surface area (Å²) in [7, 11) is 0. The molecule has 4 nitrogen and oxygen atoms in total. The van der Waals surface area contributed by atoms with Crippen LogP contribution in [0.3, 0.4) is 0 Å². The molecule has 0 aromatic heterocycles. The summed E-state index contributed by atoms with van der Waals surface area (Å²) in [5.41, 5.74) is 3.32. The molecule has 21 heavy (non-hydrogen) atoms. The quantitative estimate of drug-likeness (QED) is 0.644. The summed E-state index contributed by atoms with van der Waals surface area (Å²) in [6.07, 6.45) is 0.379.